The molecule has 0 bridgehead atoms. The second-order valence-corrected chi connectivity index (χ2v) is 8.20. The van der Waals surface area contributed by atoms with Crippen LogP contribution in [-0.2, 0) is 14.8 Å². The van der Waals surface area contributed by atoms with E-state index in [1.165, 1.54) is 35.7 Å². The largest absolute Gasteiger partial charge is 0.465 e. The lowest BCUT2D eigenvalue weighted by Gasteiger charge is -2.13. The third kappa shape index (κ3) is 5.13. The molecule has 1 aromatic heterocycles. The molecule has 0 aliphatic heterocycles. The number of esters is 1. The van der Waals surface area contributed by atoms with Gasteiger partial charge in [-0.3, -0.25) is 4.72 Å². The molecular formula is C14H12F3NO4S3. The third-order valence-corrected chi connectivity index (χ3v) is 6.38. The maximum atomic E-state index is 12.5. The van der Waals surface area contributed by atoms with Gasteiger partial charge in [-0.25, -0.2) is 13.2 Å². The van der Waals surface area contributed by atoms with Crippen molar-refractivity contribution in [1.29, 1.82) is 0 Å². The van der Waals surface area contributed by atoms with Gasteiger partial charge < -0.3 is 4.74 Å². The lowest BCUT2D eigenvalue weighted by molar-refractivity contribution is -0.105. The van der Waals surface area contributed by atoms with E-state index in [-0.39, 0.29) is 20.4 Å². The van der Waals surface area contributed by atoms with Crippen LogP contribution in [0.3, 0.4) is 0 Å². The minimum Gasteiger partial charge on any atom is -0.465 e. The summed E-state index contributed by atoms with van der Waals surface area (Å²) in [6, 6.07) is 6.94. The smallest absolute Gasteiger partial charge is 0.398 e. The summed E-state index contributed by atoms with van der Waals surface area (Å²) in [4.78, 5) is 11.4. The summed E-state index contributed by atoms with van der Waals surface area (Å²) in [7, 11) is -3.05. The molecule has 0 aliphatic carbocycles. The Morgan fingerprint density at radius 3 is 2.60 bits per heavy atom. The van der Waals surface area contributed by atoms with Crippen molar-refractivity contribution in [2.75, 3.05) is 17.6 Å². The van der Waals surface area contributed by atoms with Crippen molar-refractivity contribution in [1.82, 2.24) is 0 Å². The number of para-hydroxylation sites is 1. The minimum atomic E-state index is -4.39. The van der Waals surface area contributed by atoms with Crippen molar-refractivity contribution in [2.45, 2.75) is 16.0 Å². The highest BCUT2D eigenvalue weighted by Gasteiger charge is 2.29. The number of sulfonamides is 1. The number of carbonyl (C=O) groups is 1. The van der Waals surface area contributed by atoms with E-state index < -0.39 is 27.9 Å². The fourth-order valence-corrected chi connectivity index (χ4v) is 5.04. The molecular weight excluding hydrogens is 399 g/mol. The fourth-order valence-electron chi connectivity index (χ4n) is 1.79. The number of nitrogens with one attached hydrogen (secondary N) is 1. The van der Waals surface area contributed by atoms with Gasteiger partial charge in [0.1, 0.15) is 9.77 Å². The average molecular weight is 411 g/mol. The Hall–Kier alpha value is -1.72. The van der Waals surface area contributed by atoms with Crippen LogP contribution in [0.2, 0.25) is 0 Å². The molecule has 0 radical (unpaired) electrons. The minimum absolute atomic E-state index is 0.00114. The number of thiophene rings is 1. The number of carbonyl (C=O) groups excluding carboxylic acids is 1. The maximum absolute atomic E-state index is 12.5. The van der Waals surface area contributed by atoms with Crippen LogP contribution in [0, 0.1) is 0 Å². The highest BCUT2D eigenvalue weighted by atomic mass is 32.2. The second-order valence-electron chi connectivity index (χ2n) is 4.61. The van der Waals surface area contributed by atoms with Crippen molar-refractivity contribution in [2.24, 2.45) is 0 Å². The van der Waals surface area contributed by atoms with Gasteiger partial charge in [-0.2, -0.15) is 13.2 Å². The van der Waals surface area contributed by atoms with E-state index >= 15 is 0 Å². The van der Waals surface area contributed by atoms with Crippen LogP contribution in [0.5, 0.6) is 0 Å². The molecule has 1 aromatic carbocycles. The van der Waals surface area contributed by atoms with Crippen molar-refractivity contribution in [3.05, 3.63) is 40.6 Å². The Morgan fingerprint density at radius 1 is 1.28 bits per heavy atom. The molecule has 2 aromatic rings. The molecule has 25 heavy (non-hydrogen) atoms. The molecule has 11 heteroatoms. The van der Waals surface area contributed by atoms with Gasteiger partial charge in [-0.1, -0.05) is 12.1 Å². The molecule has 0 spiro atoms. The average Bonchev–Trinajstić information content (AvgIpc) is 3.03. The highest BCUT2D eigenvalue weighted by Crippen LogP contribution is 2.34. The van der Waals surface area contributed by atoms with Crippen molar-refractivity contribution < 1.29 is 31.1 Å². The predicted molar refractivity (Wildman–Crippen MR) is 89.7 cm³/mol. The van der Waals surface area contributed by atoms with Gasteiger partial charge in [0.2, 0.25) is 0 Å². The van der Waals surface area contributed by atoms with Gasteiger partial charge in [0.05, 0.1) is 18.6 Å². The molecule has 1 heterocycles. The molecule has 0 saturated carbocycles. The molecule has 136 valence electrons. The van der Waals surface area contributed by atoms with E-state index in [0.29, 0.717) is 11.8 Å². The fraction of sp³-hybridized carbons (Fsp3) is 0.214. The van der Waals surface area contributed by atoms with E-state index in [2.05, 4.69) is 9.46 Å². The first-order chi connectivity index (χ1) is 11.6. The number of hydrogen-bond acceptors (Lipinski definition) is 6. The lowest BCUT2D eigenvalue weighted by Crippen LogP contribution is -2.16. The van der Waals surface area contributed by atoms with Crippen molar-refractivity contribution in [3.8, 4) is 0 Å². The van der Waals surface area contributed by atoms with Gasteiger partial charge in [-0.15, -0.1) is 23.1 Å². The van der Waals surface area contributed by atoms with Crippen molar-refractivity contribution >= 4 is 44.8 Å². The Morgan fingerprint density at radius 2 is 1.96 bits per heavy atom. The van der Waals surface area contributed by atoms with Gasteiger partial charge in [0.15, 0.2) is 0 Å². The van der Waals surface area contributed by atoms with E-state index in [9.17, 15) is 26.4 Å². The molecule has 0 aliphatic rings. The quantitative estimate of drug-likeness (QED) is 0.575. The van der Waals surface area contributed by atoms with Crippen LogP contribution in [0.1, 0.15) is 9.67 Å². The number of methoxy groups -OCH3 is 1. The standard InChI is InChI=1S/C14H12F3NO4S3/c1-22-13(19)12-11(6-7-23-12)25(20,21)18-9-4-2-3-5-10(9)24-8-14(15,16)17/h2-7,18H,8H2,1H3. The van der Waals surface area contributed by atoms with Crippen LogP contribution in [0.15, 0.2) is 45.5 Å². The topological polar surface area (TPSA) is 72.5 Å². The number of anilines is 1. The normalized spacial score (nSPS) is 12.0. The predicted octanol–water partition coefficient (Wildman–Crippen LogP) is 3.99. The zero-order valence-electron chi connectivity index (χ0n) is 12.7. The number of thioether (sulfide) groups is 1. The second kappa shape index (κ2) is 7.67. The first-order valence-electron chi connectivity index (χ1n) is 6.61. The van der Waals surface area contributed by atoms with E-state index in [1.54, 1.807) is 0 Å². The Bertz CT molecular complexity index is 862. The Balaban J connectivity index is 2.30. The zero-order chi connectivity index (χ0) is 18.7. The van der Waals surface area contributed by atoms with Gasteiger partial charge in [0.25, 0.3) is 10.0 Å². The van der Waals surface area contributed by atoms with Crippen molar-refractivity contribution in [3.63, 3.8) is 0 Å². The van der Waals surface area contributed by atoms with Gasteiger partial charge in [-0.05, 0) is 23.6 Å². The van der Waals surface area contributed by atoms with E-state index in [0.717, 1.165) is 18.4 Å². The summed E-state index contributed by atoms with van der Waals surface area (Å²) in [5.41, 5.74) is -0.00114. The number of halogens is 3. The number of hydrogen-bond donors (Lipinski definition) is 1. The van der Waals surface area contributed by atoms with Gasteiger partial charge in [0, 0.05) is 4.90 Å². The summed E-state index contributed by atoms with van der Waals surface area (Å²) in [5.74, 6) is -1.97. The van der Waals surface area contributed by atoms with Crippen LogP contribution in [0.4, 0.5) is 18.9 Å². The highest BCUT2D eigenvalue weighted by molar-refractivity contribution is 7.99. The Labute approximate surface area is 150 Å². The summed E-state index contributed by atoms with van der Waals surface area (Å²) >= 11 is 1.36. The van der Waals surface area contributed by atoms with Crippen LogP contribution in [-0.4, -0.2) is 33.4 Å². The molecule has 0 amide bonds. The third-order valence-electron chi connectivity index (χ3n) is 2.81. The number of ether oxygens (including phenoxy) is 1. The summed E-state index contributed by atoms with van der Waals surface area (Å²) < 4.78 is 69.0. The Kier molecular flexibility index (Phi) is 6.01. The molecule has 0 unspecified atom stereocenters. The maximum Gasteiger partial charge on any atom is 0.398 e. The molecule has 0 atom stereocenters. The van der Waals surface area contributed by atoms with Crippen LogP contribution in [0.25, 0.3) is 0 Å². The molecule has 5 nitrogen and oxygen atoms in total. The zero-order valence-corrected chi connectivity index (χ0v) is 15.1. The van der Waals surface area contributed by atoms with Crippen LogP contribution >= 0.6 is 23.1 Å². The van der Waals surface area contributed by atoms with Gasteiger partial charge >= 0.3 is 12.1 Å². The first kappa shape index (κ1) is 19.6. The molecule has 0 saturated heterocycles. The SMILES string of the molecule is COC(=O)c1sccc1S(=O)(=O)Nc1ccccc1SCC(F)(F)F. The molecule has 2 rings (SSSR count). The summed E-state index contributed by atoms with van der Waals surface area (Å²) in [5, 5.41) is 1.41. The summed E-state index contributed by atoms with van der Waals surface area (Å²) in [6.07, 6.45) is -4.39. The first-order valence-corrected chi connectivity index (χ1v) is 9.96. The van der Waals surface area contributed by atoms with E-state index in [4.69, 9.17) is 0 Å². The number of alkyl halides is 3. The molecule has 0 fully saturated rings. The van der Waals surface area contributed by atoms with Crippen LogP contribution < -0.4 is 4.72 Å². The van der Waals surface area contributed by atoms with E-state index in [1.807, 2.05) is 0 Å². The lowest BCUT2D eigenvalue weighted by atomic mass is 10.3. The summed E-state index contributed by atoms with van der Waals surface area (Å²) in [6.45, 7) is 0. The number of benzene rings is 1. The number of rotatable bonds is 6. The monoisotopic (exact) mass is 411 g/mol. The molecule has 1 N–H and O–H groups in total.